The van der Waals surface area contributed by atoms with Crippen LogP contribution in [-0.2, 0) is 10.0 Å². The number of benzene rings is 2. The van der Waals surface area contributed by atoms with Crippen LogP contribution in [0.4, 0.5) is 11.4 Å². The molecular weight excluding hydrogens is 522 g/mol. The Morgan fingerprint density at radius 2 is 1.82 bits per heavy atom. The molecule has 1 aliphatic rings. The van der Waals surface area contributed by atoms with Gasteiger partial charge in [0.15, 0.2) is 5.11 Å². The number of rotatable bonds is 8. The third-order valence-corrected chi connectivity index (χ3v) is 7.18. The Labute approximate surface area is 227 Å². The van der Waals surface area contributed by atoms with Crippen LogP contribution in [0.25, 0.3) is 5.69 Å². The van der Waals surface area contributed by atoms with Gasteiger partial charge in [-0.3, -0.25) is 9.71 Å². The zero-order chi connectivity index (χ0) is 26.9. The number of thiocarbonyl (C=S) groups is 1. The SMILES string of the molecule is COc1cccc(-n2cccc2[C@@H]2[C@@H](c3ccccn3)NC(=S)N2c2ccc(NS(C)(=O)=O)c(OC)c2)c1. The van der Waals surface area contributed by atoms with E-state index >= 15 is 0 Å². The second kappa shape index (κ2) is 10.3. The average Bonchev–Trinajstić information content (AvgIpc) is 3.53. The van der Waals surface area contributed by atoms with E-state index in [9.17, 15) is 8.42 Å². The Balaban J connectivity index is 1.65. The number of nitrogens with zero attached hydrogens (tertiary/aromatic N) is 3. The summed E-state index contributed by atoms with van der Waals surface area (Å²) >= 11 is 5.86. The van der Waals surface area contributed by atoms with Crippen molar-refractivity contribution in [3.05, 3.63) is 96.6 Å². The summed E-state index contributed by atoms with van der Waals surface area (Å²) in [5.74, 6) is 1.12. The van der Waals surface area contributed by atoms with E-state index in [1.165, 1.54) is 7.11 Å². The van der Waals surface area contributed by atoms with Gasteiger partial charge >= 0.3 is 0 Å². The van der Waals surface area contributed by atoms with Gasteiger partial charge in [-0.15, -0.1) is 0 Å². The van der Waals surface area contributed by atoms with Crippen molar-refractivity contribution in [2.24, 2.45) is 0 Å². The Kier molecular flexibility index (Phi) is 6.96. The number of anilines is 2. The molecule has 0 amide bonds. The zero-order valence-corrected chi connectivity index (χ0v) is 22.7. The highest BCUT2D eigenvalue weighted by atomic mass is 32.2. The molecule has 0 bridgehead atoms. The van der Waals surface area contributed by atoms with Crippen LogP contribution in [0.2, 0.25) is 0 Å². The summed E-state index contributed by atoms with van der Waals surface area (Å²) in [6.45, 7) is 0. The fourth-order valence-corrected chi connectivity index (χ4v) is 5.59. The summed E-state index contributed by atoms with van der Waals surface area (Å²) in [6.07, 6.45) is 4.86. The molecule has 4 aromatic rings. The van der Waals surface area contributed by atoms with E-state index in [0.29, 0.717) is 16.5 Å². The van der Waals surface area contributed by atoms with Gasteiger partial charge in [-0.05, 0) is 60.7 Å². The lowest BCUT2D eigenvalue weighted by molar-refractivity contribution is 0.414. The number of hydrogen-bond acceptors (Lipinski definition) is 6. The van der Waals surface area contributed by atoms with Crippen LogP contribution in [0.1, 0.15) is 23.5 Å². The van der Waals surface area contributed by atoms with Crippen molar-refractivity contribution >= 4 is 38.7 Å². The minimum atomic E-state index is -3.49. The molecule has 1 aliphatic heterocycles. The maximum absolute atomic E-state index is 11.9. The molecule has 0 spiro atoms. The van der Waals surface area contributed by atoms with E-state index in [-0.39, 0.29) is 12.1 Å². The smallest absolute Gasteiger partial charge is 0.229 e. The quantitative estimate of drug-likeness (QED) is 0.312. The molecule has 0 aliphatic carbocycles. The fourth-order valence-electron chi connectivity index (χ4n) is 4.68. The van der Waals surface area contributed by atoms with Crippen LogP contribution in [0.5, 0.6) is 11.5 Å². The fraction of sp³-hybridized carbons (Fsp3) is 0.185. The van der Waals surface area contributed by atoms with Gasteiger partial charge in [-0.25, -0.2) is 8.42 Å². The number of aromatic nitrogens is 2. The third kappa shape index (κ3) is 5.02. The molecule has 2 aromatic carbocycles. The Morgan fingerprint density at radius 3 is 2.53 bits per heavy atom. The van der Waals surface area contributed by atoms with E-state index in [4.69, 9.17) is 21.7 Å². The normalized spacial score (nSPS) is 17.2. The van der Waals surface area contributed by atoms with Crippen molar-refractivity contribution in [1.29, 1.82) is 0 Å². The molecule has 2 N–H and O–H groups in total. The standard InChI is InChI=1S/C27H27N5O4S2/c1-35-20-9-6-8-18(16-20)31-15-7-11-23(31)26-25(22-10-4-5-14-28-22)29-27(37)32(26)19-12-13-21(24(17-19)36-2)30-38(3,33)34/h4-17,25-26,30H,1-3H3,(H,29,37)/t25-,26-/m1/s1. The molecule has 38 heavy (non-hydrogen) atoms. The van der Waals surface area contributed by atoms with E-state index in [2.05, 4.69) is 25.7 Å². The summed E-state index contributed by atoms with van der Waals surface area (Å²) < 4.78 is 39.3. The van der Waals surface area contributed by atoms with Crippen molar-refractivity contribution in [3.63, 3.8) is 0 Å². The lowest BCUT2D eigenvalue weighted by Gasteiger charge is -2.29. The first kappa shape index (κ1) is 25.6. The van der Waals surface area contributed by atoms with Crippen molar-refractivity contribution in [2.45, 2.75) is 12.1 Å². The average molecular weight is 550 g/mol. The number of nitrogens with one attached hydrogen (secondary N) is 2. The molecule has 1 saturated heterocycles. The first-order valence-corrected chi connectivity index (χ1v) is 14.1. The van der Waals surface area contributed by atoms with Crippen molar-refractivity contribution < 1.29 is 17.9 Å². The highest BCUT2D eigenvalue weighted by Gasteiger charge is 2.42. The van der Waals surface area contributed by atoms with E-state index in [1.807, 2.05) is 65.7 Å². The largest absolute Gasteiger partial charge is 0.497 e. The summed E-state index contributed by atoms with van der Waals surface area (Å²) in [5, 5.41) is 3.96. The first-order valence-electron chi connectivity index (χ1n) is 11.8. The molecule has 0 radical (unpaired) electrons. The predicted octanol–water partition coefficient (Wildman–Crippen LogP) is 4.44. The van der Waals surface area contributed by atoms with Crippen molar-refractivity contribution in [1.82, 2.24) is 14.9 Å². The summed E-state index contributed by atoms with van der Waals surface area (Å²) in [6, 6.07) is 22.4. The second-order valence-electron chi connectivity index (χ2n) is 8.76. The molecule has 2 atom stereocenters. The monoisotopic (exact) mass is 549 g/mol. The molecule has 9 nitrogen and oxygen atoms in total. The summed E-state index contributed by atoms with van der Waals surface area (Å²) in [5.41, 5.74) is 3.82. The minimum absolute atomic E-state index is 0.261. The molecule has 1 fully saturated rings. The predicted molar refractivity (Wildman–Crippen MR) is 152 cm³/mol. The lowest BCUT2D eigenvalue weighted by Crippen LogP contribution is -2.30. The number of hydrogen-bond donors (Lipinski definition) is 2. The molecule has 196 valence electrons. The molecule has 11 heteroatoms. The van der Waals surface area contributed by atoms with Gasteiger partial charge in [-0.1, -0.05) is 12.1 Å². The van der Waals surface area contributed by atoms with Crippen LogP contribution in [0.15, 0.2) is 85.2 Å². The summed E-state index contributed by atoms with van der Waals surface area (Å²) in [4.78, 5) is 6.63. The van der Waals surface area contributed by atoms with Crippen LogP contribution < -0.4 is 24.4 Å². The highest BCUT2D eigenvalue weighted by molar-refractivity contribution is 7.92. The van der Waals surface area contributed by atoms with Crippen LogP contribution in [-0.4, -0.2) is 43.6 Å². The minimum Gasteiger partial charge on any atom is -0.497 e. The van der Waals surface area contributed by atoms with Gasteiger partial charge < -0.3 is 24.3 Å². The first-order chi connectivity index (χ1) is 18.3. The van der Waals surface area contributed by atoms with E-state index < -0.39 is 10.0 Å². The van der Waals surface area contributed by atoms with Crippen molar-refractivity contribution in [2.75, 3.05) is 30.1 Å². The van der Waals surface area contributed by atoms with Crippen LogP contribution in [0.3, 0.4) is 0 Å². The lowest BCUT2D eigenvalue weighted by atomic mass is 10.0. The molecule has 0 unspecified atom stereocenters. The number of sulfonamides is 1. The van der Waals surface area contributed by atoms with Gasteiger partial charge in [0.2, 0.25) is 10.0 Å². The highest BCUT2D eigenvalue weighted by Crippen LogP contribution is 2.44. The second-order valence-corrected chi connectivity index (χ2v) is 10.9. The van der Waals surface area contributed by atoms with Gasteiger partial charge in [0, 0.05) is 41.6 Å². The maximum atomic E-state index is 11.9. The van der Waals surface area contributed by atoms with Gasteiger partial charge in [0.1, 0.15) is 17.5 Å². The third-order valence-electron chi connectivity index (χ3n) is 6.27. The van der Waals surface area contributed by atoms with Crippen LogP contribution >= 0.6 is 12.2 Å². The number of methoxy groups -OCH3 is 2. The van der Waals surface area contributed by atoms with Crippen molar-refractivity contribution in [3.8, 4) is 17.2 Å². The number of pyridine rings is 1. The topological polar surface area (TPSA) is 97.7 Å². The Hall–Kier alpha value is -4.09. The van der Waals surface area contributed by atoms with Gasteiger partial charge in [-0.2, -0.15) is 0 Å². The Morgan fingerprint density at radius 1 is 0.974 bits per heavy atom. The molecule has 5 rings (SSSR count). The maximum Gasteiger partial charge on any atom is 0.229 e. The molecule has 2 aromatic heterocycles. The van der Waals surface area contributed by atoms with E-state index in [1.54, 1.807) is 25.4 Å². The van der Waals surface area contributed by atoms with E-state index in [0.717, 1.165) is 34.8 Å². The molecule has 3 heterocycles. The molecular formula is C27H27N5O4S2. The van der Waals surface area contributed by atoms with Gasteiger partial charge in [0.25, 0.3) is 0 Å². The van der Waals surface area contributed by atoms with Gasteiger partial charge in [0.05, 0.1) is 37.9 Å². The zero-order valence-electron chi connectivity index (χ0n) is 21.0. The summed E-state index contributed by atoms with van der Waals surface area (Å²) in [7, 11) is -0.351. The Bertz CT molecular complexity index is 1570. The number of ether oxygens (including phenoxy) is 2. The van der Waals surface area contributed by atoms with Crippen LogP contribution in [0, 0.1) is 0 Å². The molecule has 0 saturated carbocycles.